The SMILES string of the molecule is CC(C)Cc1ccccc1Nc1nc(Nc2ccc(CC(=O)/C=C/CN(C)C)cc2)ncc1Cl. The number of nitrogens with one attached hydrogen (secondary N) is 2. The molecule has 0 fully saturated rings. The van der Waals surface area contributed by atoms with Crippen molar-refractivity contribution in [2.24, 2.45) is 5.92 Å². The topological polar surface area (TPSA) is 70.2 Å². The fourth-order valence-corrected chi connectivity index (χ4v) is 3.53. The summed E-state index contributed by atoms with van der Waals surface area (Å²) in [6.45, 7) is 5.13. The van der Waals surface area contributed by atoms with Gasteiger partial charge in [0.2, 0.25) is 5.95 Å². The number of allylic oxidation sites excluding steroid dienone is 1. The number of anilines is 4. The summed E-state index contributed by atoms with van der Waals surface area (Å²) in [5, 5.41) is 7.01. The highest BCUT2D eigenvalue weighted by Crippen LogP contribution is 2.28. The van der Waals surface area contributed by atoms with Crippen molar-refractivity contribution in [3.05, 3.63) is 83.0 Å². The zero-order valence-electron chi connectivity index (χ0n) is 20.2. The van der Waals surface area contributed by atoms with Gasteiger partial charge in [-0.05, 0) is 61.8 Å². The van der Waals surface area contributed by atoms with Gasteiger partial charge in [0.15, 0.2) is 11.6 Å². The van der Waals surface area contributed by atoms with Crippen molar-refractivity contribution in [2.75, 3.05) is 31.3 Å². The van der Waals surface area contributed by atoms with Gasteiger partial charge < -0.3 is 15.5 Å². The Kier molecular flexibility index (Phi) is 9.19. The third-order valence-electron chi connectivity index (χ3n) is 5.01. The minimum atomic E-state index is 0.0806. The molecule has 2 N–H and O–H groups in total. The number of para-hydroxylation sites is 1. The van der Waals surface area contributed by atoms with Gasteiger partial charge in [-0.1, -0.05) is 61.9 Å². The molecule has 0 aliphatic rings. The second-order valence-corrected chi connectivity index (χ2v) is 9.31. The molecule has 0 amide bonds. The van der Waals surface area contributed by atoms with Crippen molar-refractivity contribution in [2.45, 2.75) is 26.7 Å². The van der Waals surface area contributed by atoms with E-state index >= 15 is 0 Å². The Bertz CT molecular complexity index is 1130. The molecule has 0 radical (unpaired) electrons. The summed E-state index contributed by atoms with van der Waals surface area (Å²) in [5.74, 6) is 1.59. The largest absolute Gasteiger partial charge is 0.339 e. The van der Waals surface area contributed by atoms with Crippen molar-refractivity contribution < 1.29 is 4.79 Å². The number of hydrogen-bond donors (Lipinski definition) is 2. The molecule has 3 rings (SSSR count). The van der Waals surface area contributed by atoms with Crippen LogP contribution in [0.2, 0.25) is 5.02 Å². The Hall–Kier alpha value is -3.22. The van der Waals surface area contributed by atoms with E-state index < -0.39 is 0 Å². The first-order chi connectivity index (χ1) is 16.3. The molecule has 0 unspecified atom stereocenters. The van der Waals surface area contributed by atoms with Gasteiger partial charge in [-0.3, -0.25) is 4.79 Å². The van der Waals surface area contributed by atoms with Crippen molar-refractivity contribution in [3.8, 4) is 0 Å². The van der Waals surface area contributed by atoms with Crippen molar-refractivity contribution in [1.82, 2.24) is 14.9 Å². The maximum Gasteiger partial charge on any atom is 0.229 e. The van der Waals surface area contributed by atoms with Gasteiger partial charge in [0.25, 0.3) is 0 Å². The van der Waals surface area contributed by atoms with Crippen LogP contribution in [0.5, 0.6) is 0 Å². The first-order valence-corrected chi connectivity index (χ1v) is 11.8. The zero-order valence-corrected chi connectivity index (χ0v) is 20.9. The average Bonchev–Trinajstić information content (AvgIpc) is 2.78. The number of rotatable bonds is 11. The average molecular weight is 478 g/mol. The molecule has 0 bridgehead atoms. The second kappa shape index (κ2) is 12.3. The van der Waals surface area contributed by atoms with Gasteiger partial charge >= 0.3 is 0 Å². The van der Waals surface area contributed by atoms with Crippen LogP contribution in [0.4, 0.5) is 23.1 Å². The lowest BCUT2D eigenvalue weighted by Gasteiger charge is -2.14. The van der Waals surface area contributed by atoms with E-state index in [2.05, 4.69) is 40.5 Å². The number of benzene rings is 2. The number of likely N-dealkylation sites (N-methyl/N-ethyl adjacent to an activating group) is 1. The highest BCUT2D eigenvalue weighted by Gasteiger charge is 2.10. The van der Waals surface area contributed by atoms with Gasteiger partial charge in [-0.15, -0.1) is 0 Å². The molecule has 3 aromatic rings. The maximum atomic E-state index is 12.1. The summed E-state index contributed by atoms with van der Waals surface area (Å²) in [6, 6.07) is 15.8. The second-order valence-electron chi connectivity index (χ2n) is 8.90. The maximum absolute atomic E-state index is 12.1. The molecular weight excluding hydrogens is 446 g/mol. The first kappa shape index (κ1) is 25.4. The molecule has 0 saturated carbocycles. The lowest BCUT2D eigenvalue weighted by Crippen LogP contribution is -2.11. The monoisotopic (exact) mass is 477 g/mol. The summed E-state index contributed by atoms with van der Waals surface area (Å²) in [5.41, 5.74) is 3.97. The molecule has 0 aliphatic carbocycles. The van der Waals surface area contributed by atoms with Crippen LogP contribution in [0.25, 0.3) is 0 Å². The zero-order chi connectivity index (χ0) is 24.5. The molecule has 0 aliphatic heterocycles. The molecule has 0 atom stereocenters. The van der Waals surface area contributed by atoms with E-state index in [1.165, 1.54) is 5.56 Å². The number of carbonyl (C=O) groups excluding carboxylic acids is 1. The third-order valence-corrected chi connectivity index (χ3v) is 5.28. The molecule has 34 heavy (non-hydrogen) atoms. The van der Waals surface area contributed by atoms with E-state index in [9.17, 15) is 4.79 Å². The predicted octanol–water partition coefficient (Wildman–Crippen LogP) is 6.05. The first-order valence-electron chi connectivity index (χ1n) is 11.4. The Balaban J connectivity index is 1.66. The summed E-state index contributed by atoms with van der Waals surface area (Å²) in [4.78, 5) is 23.0. The van der Waals surface area contributed by atoms with Crippen LogP contribution < -0.4 is 10.6 Å². The van der Waals surface area contributed by atoms with E-state index in [-0.39, 0.29) is 5.78 Å². The highest BCUT2D eigenvalue weighted by atomic mass is 35.5. The lowest BCUT2D eigenvalue weighted by atomic mass is 10.0. The van der Waals surface area contributed by atoms with Crippen LogP contribution in [0, 0.1) is 5.92 Å². The number of nitrogens with zero attached hydrogens (tertiary/aromatic N) is 3. The van der Waals surface area contributed by atoms with Gasteiger partial charge in [-0.2, -0.15) is 4.98 Å². The minimum Gasteiger partial charge on any atom is -0.339 e. The Morgan fingerprint density at radius 1 is 1.09 bits per heavy atom. The van der Waals surface area contributed by atoms with E-state index in [4.69, 9.17) is 11.6 Å². The smallest absolute Gasteiger partial charge is 0.229 e. The quantitative estimate of drug-likeness (QED) is 0.328. The molecule has 0 spiro atoms. The number of hydrogen-bond acceptors (Lipinski definition) is 6. The fraction of sp³-hybridized carbons (Fsp3) is 0.296. The molecule has 1 heterocycles. The van der Waals surface area contributed by atoms with Crippen LogP contribution in [0.3, 0.4) is 0 Å². The van der Waals surface area contributed by atoms with E-state index in [1.54, 1.807) is 12.3 Å². The molecule has 1 aromatic heterocycles. The Morgan fingerprint density at radius 3 is 2.53 bits per heavy atom. The summed E-state index contributed by atoms with van der Waals surface area (Å²) in [6.07, 6.45) is 6.42. The van der Waals surface area contributed by atoms with Gasteiger partial charge in [0.05, 0.1) is 6.20 Å². The van der Waals surface area contributed by atoms with Crippen LogP contribution in [0.1, 0.15) is 25.0 Å². The van der Waals surface area contributed by atoms with Crippen molar-refractivity contribution in [1.29, 1.82) is 0 Å². The van der Waals surface area contributed by atoms with Crippen molar-refractivity contribution >= 4 is 40.5 Å². The third kappa shape index (κ3) is 7.97. The van der Waals surface area contributed by atoms with Crippen LogP contribution in [0.15, 0.2) is 66.9 Å². The molecule has 178 valence electrons. The summed E-state index contributed by atoms with van der Waals surface area (Å²) >= 11 is 6.37. The predicted molar refractivity (Wildman–Crippen MR) is 141 cm³/mol. The Morgan fingerprint density at radius 2 is 1.82 bits per heavy atom. The van der Waals surface area contributed by atoms with E-state index in [0.29, 0.717) is 29.1 Å². The van der Waals surface area contributed by atoms with Gasteiger partial charge in [-0.25, -0.2) is 4.98 Å². The van der Waals surface area contributed by atoms with Crippen molar-refractivity contribution in [3.63, 3.8) is 0 Å². The fourth-order valence-electron chi connectivity index (χ4n) is 3.39. The van der Waals surface area contributed by atoms with E-state index in [1.807, 2.05) is 67.5 Å². The number of halogens is 1. The standard InChI is InChI=1S/C27H32ClN5O/c1-19(2)16-21-8-5-6-10-25(21)31-26-24(28)18-29-27(32-26)30-22-13-11-20(12-14-22)17-23(34)9-7-15-33(3)4/h5-14,18-19H,15-17H2,1-4H3,(H2,29,30,31,32)/b9-7+. The lowest BCUT2D eigenvalue weighted by molar-refractivity contribution is -0.114. The van der Waals surface area contributed by atoms with Crippen LogP contribution >= 0.6 is 11.6 Å². The highest BCUT2D eigenvalue weighted by molar-refractivity contribution is 6.32. The minimum absolute atomic E-state index is 0.0806. The van der Waals surface area contributed by atoms with Gasteiger partial charge in [0.1, 0.15) is 5.02 Å². The molecule has 6 nitrogen and oxygen atoms in total. The number of ketones is 1. The number of carbonyl (C=O) groups is 1. The molecule has 7 heteroatoms. The molecule has 0 saturated heterocycles. The van der Waals surface area contributed by atoms with Gasteiger partial charge in [0, 0.05) is 24.3 Å². The summed E-state index contributed by atoms with van der Waals surface area (Å²) < 4.78 is 0. The summed E-state index contributed by atoms with van der Waals surface area (Å²) in [7, 11) is 3.94. The van der Waals surface area contributed by atoms with Crippen LogP contribution in [-0.2, 0) is 17.6 Å². The normalized spacial score (nSPS) is 11.4. The van der Waals surface area contributed by atoms with Crippen LogP contribution in [-0.4, -0.2) is 41.3 Å². The molecule has 2 aromatic carbocycles. The Labute approximate surface area is 207 Å². The molecular formula is C27H32ClN5O. The number of aromatic nitrogens is 2. The van der Waals surface area contributed by atoms with E-state index in [0.717, 1.165) is 29.9 Å².